The number of rotatable bonds is 11. The molecule has 0 bridgehead atoms. The first-order valence-corrected chi connectivity index (χ1v) is 13.3. The molecule has 220 valence electrons. The molecule has 0 amide bonds. The highest BCUT2D eigenvalue weighted by Gasteiger charge is 2.22. The van der Waals surface area contributed by atoms with Crippen molar-refractivity contribution in [3.05, 3.63) is 99.8 Å². The summed E-state index contributed by atoms with van der Waals surface area (Å²) in [5.74, 6) is -0.0999. The number of benzene rings is 2. The second kappa shape index (κ2) is 13.5. The lowest BCUT2D eigenvalue weighted by Crippen LogP contribution is -2.14. The first-order chi connectivity index (χ1) is 19.8. The van der Waals surface area contributed by atoms with Gasteiger partial charge < -0.3 is 30.5 Å². The summed E-state index contributed by atoms with van der Waals surface area (Å²) in [6.45, 7) is 18.3. The topological polar surface area (TPSA) is 146 Å². The molecule has 3 rings (SSSR count). The Kier molecular flexibility index (Phi) is 10.1. The van der Waals surface area contributed by atoms with Gasteiger partial charge in [-0.05, 0) is 52.7 Å². The zero-order chi connectivity index (χ0) is 31.1. The number of hydrogen-bond acceptors (Lipinski definition) is 9. The van der Waals surface area contributed by atoms with Crippen LogP contribution in [0.1, 0.15) is 41.5 Å². The molecule has 0 aliphatic heterocycles. The van der Waals surface area contributed by atoms with Crippen molar-refractivity contribution in [3.63, 3.8) is 0 Å². The highest BCUT2D eigenvalue weighted by atomic mass is 16.5. The molecule has 5 N–H and O–H groups in total. The maximum absolute atomic E-state index is 13.2. The van der Waals surface area contributed by atoms with Gasteiger partial charge >= 0.3 is 0 Å². The molecular formula is C33H38N4O5. The predicted molar refractivity (Wildman–Crippen MR) is 170 cm³/mol. The zero-order valence-electron chi connectivity index (χ0n) is 25.0. The van der Waals surface area contributed by atoms with Crippen molar-refractivity contribution in [2.45, 2.75) is 41.5 Å². The molecule has 0 unspecified atom stereocenters. The van der Waals surface area contributed by atoms with Gasteiger partial charge in [0.2, 0.25) is 5.75 Å². The number of phenolic OH excluding ortho intramolecular Hbond substituents is 1. The summed E-state index contributed by atoms with van der Waals surface area (Å²) in [6, 6.07) is 12.0. The van der Waals surface area contributed by atoms with Crippen molar-refractivity contribution in [1.29, 1.82) is 0 Å². The van der Waals surface area contributed by atoms with E-state index in [0.717, 1.165) is 16.9 Å². The molecule has 3 aromatic rings. The minimum absolute atomic E-state index is 0.0602. The fourth-order valence-electron chi connectivity index (χ4n) is 3.60. The summed E-state index contributed by atoms with van der Waals surface area (Å²) in [7, 11) is 0. The van der Waals surface area contributed by atoms with E-state index in [9.17, 15) is 9.90 Å². The minimum Gasteiger partial charge on any atom is -0.504 e. The van der Waals surface area contributed by atoms with Gasteiger partial charge in [-0.1, -0.05) is 43.5 Å². The third-order valence-corrected chi connectivity index (χ3v) is 6.50. The number of allylic oxidation sites excluding steroid dienone is 4. The third-order valence-electron chi connectivity index (χ3n) is 6.50. The average Bonchev–Trinajstić information content (AvgIpc) is 2.94. The molecule has 0 radical (unpaired) electrons. The van der Waals surface area contributed by atoms with E-state index in [4.69, 9.17) is 25.4 Å². The van der Waals surface area contributed by atoms with Crippen LogP contribution in [0.2, 0.25) is 0 Å². The van der Waals surface area contributed by atoms with E-state index in [1.165, 1.54) is 12.1 Å². The molecule has 2 aromatic carbocycles. The minimum atomic E-state index is -0.453. The van der Waals surface area contributed by atoms with Crippen LogP contribution < -0.4 is 26.4 Å². The Labute approximate surface area is 245 Å². The Balaban J connectivity index is 2.14. The number of fused-ring (bicyclic) bond motifs is 1. The number of aliphatic imine (C=N–C) groups is 2. The second-order valence-corrected chi connectivity index (χ2v) is 10.0. The molecule has 0 aliphatic rings. The van der Waals surface area contributed by atoms with E-state index in [1.54, 1.807) is 20.8 Å². The quantitative estimate of drug-likeness (QED) is 0.227. The van der Waals surface area contributed by atoms with Crippen molar-refractivity contribution >= 4 is 22.4 Å². The van der Waals surface area contributed by atoms with E-state index < -0.39 is 11.2 Å². The fourth-order valence-corrected chi connectivity index (χ4v) is 3.60. The smallest absolute Gasteiger partial charge is 0.204 e. The second-order valence-electron chi connectivity index (χ2n) is 10.0. The lowest BCUT2D eigenvalue weighted by atomic mass is 10.1. The molecule has 0 saturated heterocycles. The molecule has 9 nitrogen and oxygen atoms in total. The zero-order valence-corrected chi connectivity index (χ0v) is 25.0. The summed E-state index contributed by atoms with van der Waals surface area (Å²) in [4.78, 5) is 22.2. The van der Waals surface area contributed by atoms with Gasteiger partial charge in [-0.3, -0.25) is 14.8 Å². The summed E-state index contributed by atoms with van der Waals surface area (Å²) >= 11 is 0. The molecule has 0 aliphatic carbocycles. The van der Waals surface area contributed by atoms with Crippen molar-refractivity contribution in [1.82, 2.24) is 0 Å². The normalized spacial score (nSPS) is 13.4. The Morgan fingerprint density at radius 2 is 1.52 bits per heavy atom. The van der Waals surface area contributed by atoms with Crippen molar-refractivity contribution in [3.8, 4) is 28.6 Å². The third kappa shape index (κ3) is 7.57. The van der Waals surface area contributed by atoms with Gasteiger partial charge in [0.05, 0.1) is 17.1 Å². The number of nitrogens with zero attached hydrogens (tertiary/aromatic N) is 2. The van der Waals surface area contributed by atoms with Gasteiger partial charge in [0, 0.05) is 34.8 Å². The number of aromatic hydroxyl groups is 1. The highest BCUT2D eigenvalue weighted by Crippen LogP contribution is 2.43. The lowest BCUT2D eigenvalue weighted by Gasteiger charge is -2.17. The molecule has 42 heavy (non-hydrogen) atoms. The van der Waals surface area contributed by atoms with Crippen molar-refractivity contribution < 1.29 is 19.0 Å². The maximum Gasteiger partial charge on any atom is 0.204 e. The van der Waals surface area contributed by atoms with Crippen LogP contribution in [0.25, 0.3) is 22.3 Å². The van der Waals surface area contributed by atoms with Crippen LogP contribution in [0, 0.1) is 0 Å². The fraction of sp³-hybridized carbons (Fsp3) is 0.242. The van der Waals surface area contributed by atoms with Gasteiger partial charge in [0.15, 0.2) is 16.9 Å². The summed E-state index contributed by atoms with van der Waals surface area (Å²) in [6.07, 6.45) is 0. The molecule has 0 fully saturated rings. The van der Waals surface area contributed by atoms with Gasteiger partial charge in [-0.2, -0.15) is 0 Å². The van der Waals surface area contributed by atoms with E-state index >= 15 is 0 Å². The number of nitrogens with two attached hydrogens (primary N) is 2. The highest BCUT2D eigenvalue weighted by molar-refractivity contribution is 5.98. The van der Waals surface area contributed by atoms with E-state index in [-0.39, 0.29) is 35.7 Å². The van der Waals surface area contributed by atoms with E-state index in [0.29, 0.717) is 39.8 Å². The Morgan fingerprint density at radius 3 is 2.12 bits per heavy atom. The van der Waals surface area contributed by atoms with Crippen LogP contribution in [0.5, 0.6) is 17.2 Å². The number of phenols is 1. The largest absolute Gasteiger partial charge is 0.504 e. The van der Waals surface area contributed by atoms with Gasteiger partial charge in [-0.15, -0.1) is 0 Å². The van der Waals surface area contributed by atoms with Gasteiger partial charge in [0.1, 0.15) is 29.9 Å². The van der Waals surface area contributed by atoms with Crippen LogP contribution >= 0.6 is 0 Å². The van der Waals surface area contributed by atoms with Crippen molar-refractivity contribution in [2.75, 3.05) is 13.2 Å². The Morgan fingerprint density at radius 1 is 0.905 bits per heavy atom. The number of hydrogen-bond donors (Lipinski definition) is 3. The molecule has 9 heteroatoms. The summed E-state index contributed by atoms with van der Waals surface area (Å²) < 4.78 is 18.1. The number of ether oxygens (including phenoxy) is 2. The predicted octanol–water partition coefficient (Wildman–Crippen LogP) is 6.38. The molecular weight excluding hydrogens is 532 g/mol. The Bertz CT molecular complexity index is 1710. The van der Waals surface area contributed by atoms with Crippen LogP contribution in [0.15, 0.2) is 109 Å². The Hall–Kier alpha value is -5.05. The van der Waals surface area contributed by atoms with E-state index in [2.05, 4.69) is 23.1 Å². The standard InChI is InChI=1S/C33H38N4O5/c1-18(2)21(6)36-23(8)25(35)16-40-30-15-29-31(27(38)14-28(42-29)24-12-10-9-11-13-24)32(39)33(30)41-17-26(20(5)34)37-22(7)19(3)4/h9-15,39H,1,3,16-17,34-35H2,2,4-8H3/b25-23-,26-20-,36-21?,37-22?. The molecule has 0 atom stereocenters. The average molecular weight is 571 g/mol. The van der Waals surface area contributed by atoms with Gasteiger partial charge in [0.25, 0.3) is 0 Å². The molecule has 0 saturated carbocycles. The van der Waals surface area contributed by atoms with Crippen molar-refractivity contribution in [2.24, 2.45) is 21.5 Å². The van der Waals surface area contributed by atoms with Crippen LogP contribution in [-0.2, 0) is 0 Å². The maximum atomic E-state index is 13.2. The first kappa shape index (κ1) is 31.5. The molecule has 0 spiro atoms. The van der Waals surface area contributed by atoms with Crippen LogP contribution in [-0.4, -0.2) is 29.7 Å². The summed E-state index contributed by atoms with van der Waals surface area (Å²) in [5.41, 5.74) is 17.4. The summed E-state index contributed by atoms with van der Waals surface area (Å²) in [5, 5.41) is 11.3. The van der Waals surface area contributed by atoms with Gasteiger partial charge in [-0.25, -0.2) is 0 Å². The lowest BCUT2D eigenvalue weighted by molar-refractivity contribution is 0.284. The molecule has 1 aromatic heterocycles. The van der Waals surface area contributed by atoms with Crippen LogP contribution in [0.3, 0.4) is 0 Å². The molecule has 1 heterocycles. The van der Waals surface area contributed by atoms with E-state index in [1.807, 2.05) is 51.1 Å². The van der Waals surface area contributed by atoms with Crippen LogP contribution in [0.4, 0.5) is 0 Å². The SMILES string of the molecule is C=C(C)C(C)=N/C(C)=C(\N)COc1cc2oc(-c3ccccc3)cc(=O)c2c(O)c1OC/C(N=C(C)C(=C)C)=C(\C)N. The first-order valence-electron chi connectivity index (χ1n) is 13.3. The monoisotopic (exact) mass is 570 g/mol.